The van der Waals surface area contributed by atoms with Gasteiger partial charge in [0.25, 0.3) is 0 Å². The summed E-state index contributed by atoms with van der Waals surface area (Å²) in [5.74, 6) is 0. The lowest BCUT2D eigenvalue weighted by molar-refractivity contribution is 0.669. The van der Waals surface area contributed by atoms with Gasteiger partial charge in [0.15, 0.2) is 0 Å². The van der Waals surface area contributed by atoms with E-state index in [-0.39, 0.29) is 0 Å². The molecule has 0 unspecified atom stereocenters. The predicted molar refractivity (Wildman–Crippen MR) is 188 cm³/mol. The van der Waals surface area contributed by atoms with Gasteiger partial charge in [-0.2, -0.15) is 0 Å². The molecule has 0 aliphatic rings. The summed E-state index contributed by atoms with van der Waals surface area (Å²) < 4.78 is 12.7. The van der Waals surface area contributed by atoms with Crippen molar-refractivity contribution >= 4 is 93.3 Å². The Kier molecular flexibility index (Phi) is 5.00. The fourth-order valence-electron chi connectivity index (χ4n) is 7.26. The molecule has 10 aromatic rings. The molecule has 0 bridgehead atoms. The highest BCUT2D eigenvalue weighted by Crippen LogP contribution is 2.46. The topological polar surface area (TPSA) is 29.5 Å². The van der Waals surface area contributed by atoms with Crippen LogP contribution >= 0.6 is 0 Å². The molecule has 0 saturated heterocycles. The number of furan rings is 2. The molecule has 3 nitrogen and oxygen atoms in total. The van der Waals surface area contributed by atoms with Crippen molar-refractivity contribution in [3.05, 3.63) is 152 Å². The van der Waals surface area contributed by atoms with E-state index in [1.807, 2.05) is 24.3 Å². The van der Waals surface area contributed by atoms with Crippen molar-refractivity contribution in [1.29, 1.82) is 0 Å². The van der Waals surface area contributed by atoms with Gasteiger partial charge in [-0.1, -0.05) is 97.1 Å². The van der Waals surface area contributed by atoms with Gasteiger partial charge >= 0.3 is 0 Å². The molecular formula is C42H25NO2. The smallest absolute Gasteiger partial charge is 0.137 e. The molecule has 210 valence electrons. The summed E-state index contributed by atoms with van der Waals surface area (Å²) in [6.07, 6.45) is 0. The molecule has 0 fully saturated rings. The normalized spacial score (nSPS) is 12.0. The Balaban J connectivity index is 1.31. The average Bonchev–Trinajstić information content (AvgIpc) is 3.67. The minimum absolute atomic E-state index is 0.861. The van der Waals surface area contributed by atoms with E-state index >= 15 is 0 Å². The number of rotatable bonds is 3. The largest absolute Gasteiger partial charge is 0.456 e. The molecule has 0 radical (unpaired) electrons. The zero-order chi connectivity index (χ0) is 29.5. The van der Waals surface area contributed by atoms with Crippen LogP contribution in [0.4, 0.5) is 17.1 Å². The Bertz CT molecular complexity index is 2750. The van der Waals surface area contributed by atoms with Gasteiger partial charge in [-0.25, -0.2) is 0 Å². The van der Waals surface area contributed by atoms with Gasteiger partial charge in [-0.15, -0.1) is 0 Å². The molecule has 3 heteroatoms. The van der Waals surface area contributed by atoms with E-state index in [2.05, 4.69) is 132 Å². The van der Waals surface area contributed by atoms with Crippen LogP contribution in [0, 0.1) is 0 Å². The standard InChI is InChI=1S/C42H25NO2/c1-2-12-30-28(10-1)29-11-3-4-13-31(29)36-24-26(20-22-32(30)36)43(27-21-23-34-33-14-5-7-17-38(33)45-41(34)25-27)37-16-9-19-40-42(37)35-15-6-8-18-39(35)44-40/h1-25H. The molecule has 10 rings (SSSR count). The van der Waals surface area contributed by atoms with Crippen molar-refractivity contribution in [3.8, 4) is 0 Å². The van der Waals surface area contributed by atoms with Crippen molar-refractivity contribution in [1.82, 2.24) is 0 Å². The Morgan fingerprint density at radius 1 is 0.311 bits per heavy atom. The highest BCUT2D eigenvalue weighted by Gasteiger charge is 2.21. The Hall–Kier alpha value is -6.06. The lowest BCUT2D eigenvalue weighted by Crippen LogP contribution is -2.10. The molecular weight excluding hydrogens is 550 g/mol. The van der Waals surface area contributed by atoms with Crippen LogP contribution in [0.15, 0.2) is 160 Å². The van der Waals surface area contributed by atoms with Crippen molar-refractivity contribution in [2.75, 3.05) is 4.90 Å². The van der Waals surface area contributed by atoms with Gasteiger partial charge in [0.1, 0.15) is 22.3 Å². The molecule has 2 aromatic heterocycles. The fraction of sp³-hybridized carbons (Fsp3) is 0. The molecule has 0 amide bonds. The van der Waals surface area contributed by atoms with Gasteiger partial charge in [0.2, 0.25) is 0 Å². The molecule has 2 heterocycles. The summed E-state index contributed by atoms with van der Waals surface area (Å²) in [7, 11) is 0. The van der Waals surface area contributed by atoms with Crippen molar-refractivity contribution in [3.63, 3.8) is 0 Å². The Labute approximate surface area is 258 Å². The first-order valence-corrected chi connectivity index (χ1v) is 15.3. The summed E-state index contributed by atoms with van der Waals surface area (Å²) in [4.78, 5) is 2.35. The summed E-state index contributed by atoms with van der Waals surface area (Å²) in [5, 5.41) is 11.9. The van der Waals surface area contributed by atoms with Crippen LogP contribution in [0.5, 0.6) is 0 Å². The predicted octanol–water partition coefficient (Wildman–Crippen LogP) is 12.4. The molecule has 0 N–H and O–H groups in total. The van der Waals surface area contributed by atoms with Crippen LogP contribution in [-0.4, -0.2) is 0 Å². The van der Waals surface area contributed by atoms with Crippen molar-refractivity contribution in [2.45, 2.75) is 0 Å². The first-order valence-electron chi connectivity index (χ1n) is 15.3. The van der Waals surface area contributed by atoms with Gasteiger partial charge in [-0.05, 0) is 80.8 Å². The number of hydrogen-bond acceptors (Lipinski definition) is 3. The van der Waals surface area contributed by atoms with Gasteiger partial charge in [0, 0.05) is 33.6 Å². The fourth-order valence-corrected chi connectivity index (χ4v) is 7.26. The van der Waals surface area contributed by atoms with E-state index in [0.717, 1.165) is 60.9 Å². The maximum Gasteiger partial charge on any atom is 0.137 e. The van der Waals surface area contributed by atoms with Crippen LogP contribution in [0.3, 0.4) is 0 Å². The Morgan fingerprint density at radius 3 is 1.49 bits per heavy atom. The van der Waals surface area contributed by atoms with Crippen LogP contribution in [0.1, 0.15) is 0 Å². The van der Waals surface area contributed by atoms with Crippen molar-refractivity contribution < 1.29 is 8.83 Å². The monoisotopic (exact) mass is 575 g/mol. The van der Waals surface area contributed by atoms with E-state index in [4.69, 9.17) is 8.83 Å². The number of fused-ring (bicyclic) bond motifs is 12. The third-order valence-corrected chi connectivity index (χ3v) is 9.23. The van der Waals surface area contributed by atoms with Gasteiger partial charge in [-0.3, -0.25) is 0 Å². The lowest BCUT2D eigenvalue weighted by Gasteiger charge is -2.27. The third kappa shape index (κ3) is 3.52. The first-order chi connectivity index (χ1) is 22.3. The number of anilines is 3. The number of para-hydroxylation sites is 2. The third-order valence-electron chi connectivity index (χ3n) is 9.23. The minimum atomic E-state index is 0.861. The SMILES string of the molecule is c1ccc2c(c1)oc1cc(N(c3ccc4c5ccccc5c5ccccc5c4c3)c3cccc4oc5ccccc5c34)ccc12. The lowest BCUT2D eigenvalue weighted by atomic mass is 9.94. The summed E-state index contributed by atoms with van der Waals surface area (Å²) in [6, 6.07) is 53.7. The highest BCUT2D eigenvalue weighted by atomic mass is 16.3. The average molecular weight is 576 g/mol. The van der Waals surface area contributed by atoms with E-state index in [0.29, 0.717) is 0 Å². The summed E-state index contributed by atoms with van der Waals surface area (Å²) in [6.45, 7) is 0. The molecule has 8 aromatic carbocycles. The highest BCUT2D eigenvalue weighted by molar-refractivity contribution is 6.26. The maximum absolute atomic E-state index is 6.39. The second-order valence-electron chi connectivity index (χ2n) is 11.7. The van der Waals surface area contributed by atoms with Gasteiger partial charge in [0.05, 0.1) is 11.1 Å². The van der Waals surface area contributed by atoms with Crippen LogP contribution in [0.25, 0.3) is 76.2 Å². The van der Waals surface area contributed by atoms with E-state index in [9.17, 15) is 0 Å². The van der Waals surface area contributed by atoms with E-state index < -0.39 is 0 Å². The molecule has 0 aliphatic heterocycles. The molecule has 45 heavy (non-hydrogen) atoms. The number of benzene rings is 8. The number of nitrogens with zero attached hydrogens (tertiary/aromatic N) is 1. The quantitative estimate of drug-likeness (QED) is 0.196. The molecule has 0 atom stereocenters. The first kappa shape index (κ1) is 24.4. The van der Waals surface area contributed by atoms with Crippen LogP contribution in [-0.2, 0) is 0 Å². The molecule has 0 saturated carbocycles. The maximum atomic E-state index is 6.39. The summed E-state index contributed by atoms with van der Waals surface area (Å²) in [5.41, 5.74) is 6.63. The van der Waals surface area contributed by atoms with Crippen LogP contribution < -0.4 is 4.90 Å². The number of hydrogen-bond donors (Lipinski definition) is 0. The van der Waals surface area contributed by atoms with E-state index in [1.165, 1.54) is 32.3 Å². The van der Waals surface area contributed by atoms with Crippen LogP contribution in [0.2, 0.25) is 0 Å². The molecule has 0 spiro atoms. The summed E-state index contributed by atoms with van der Waals surface area (Å²) >= 11 is 0. The van der Waals surface area contributed by atoms with Gasteiger partial charge < -0.3 is 13.7 Å². The Morgan fingerprint density at radius 2 is 0.778 bits per heavy atom. The zero-order valence-corrected chi connectivity index (χ0v) is 24.2. The molecule has 0 aliphatic carbocycles. The minimum Gasteiger partial charge on any atom is -0.456 e. The zero-order valence-electron chi connectivity index (χ0n) is 24.2. The van der Waals surface area contributed by atoms with Crippen molar-refractivity contribution in [2.24, 2.45) is 0 Å². The second kappa shape index (κ2) is 9.22. The second-order valence-corrected chi connectivity index (χ2v) is 11.7. The van der Waals surface area contributed by atoms with E-state index in [1.54, 1.807) is 0 Å².